The van der Waals surface area contributed by atoms with Gasteiger partial charge in [0.15, 0.2) is 0 Å². The molecule has 0 bridgehead atoms. The Morgan fingerprint density at radius 1 is 1.33 bits per heavy atom. The van der Waals surface area contributed by atoms with Gasteiger partial charge in [0.1, 0.15) is 5.76 Å². The largest absolute Gasteiger partial charge is 0.467 e. The molecule has 4 nitrogen and oxygen atoms in total. The van der Waals surface area contributed by atoms with Crippen LogP contribution in [0.5, 0.6) is 0 Å². The molecule has 4 heteroatoms. The maximum atomic E-state index is 5.66. The van der Waals surface area contributed by atoms with Crippen molar-refractivity contribution < 1.29 is 4.42 Å². The Labute approximate surface area is 127 Å². The number of furan rings is 1. The van der Waals surface area contributed by atoms with E-state index in [4.69, 9.17) is 4.42 Å². The van der Waals surface area contributed by atoms with Crippen LogP contribution in [0.2, 0.25) is 0 Å². The van der Waals surface area contributed by atoms with E-state index in [9.17, 15) is 0 Å². The van der Waals surface area contributed by atoms with Gasteiger partial charge in [-0.2, -0.15) is 5.10 Å². The molecule has 0 aromatic carbocycles. The highest BCUT2D eigenvalue weighted by Crippen LogP contribution is 2.16. The molecule has 0 saturated heterocycles. The van der Waals surface area contributed by atoms with Crippen molar-refractivity contribution in [3.63, 3.8) is 0 Å². The molecule has 0 radical (unpaired) electrons. The molecule has 0 aliphatic rings. The second-order valence-electron chi connectivity index (χ2n) is 6.11. The van der Waals surface area contributed by atoms with Crippen LogP contribution in [0.15, 0.2) is 16.7 Å². The van der Waals surface area contributed by atoms with Crippen LogP contribution in [0.25, 0.3) is 0 Å². The zero-order valence-corrected chi connectivity index (χ0v) is 13.9. The summed E-state index contributed by atoms with van der Waals surface area (Å²) < 4.78 is 7.70. The van der Waals surface area contributed by atoms with Crippen LogP contribution < -0.4 is 5.32 Å². The lowest BCUT2D eigenvalue weighted by molar-refractivity contribution is 0.473. The smallest absolute Gasteiger partial charge is 0.125 e. The van der Waals surface area contributed by atoms with E-state index in [1.54, 1.807) is 0 Å². The third-order valence-electron chi connectivity index (χ3n) is 3.78. The summed E-state index contributed by atoms with van der Waals surface area (Å²) in [7, 11) is 0. The number of nitrogens with one attached hydrogen (secondary N) is 1. The van der Waals surface area contributed by atoms with Crippen molar-refractivity contribution in [2.75, 3.05) is 6.54 Å². The molecule has 0 aliphatic carbocycles. The van der Waals surface area contributed by atoms with Crippen molar-refractivity contribution in [2.24, 2.45) is 5.92 Å². The molecule has 116 valence electrons. The SMILES string of the molecule is CCc1c(C)nn(Cc2cc(CNCC(C)C)co2)c1C. The zero-order valence-electron chi connectivity index (χ0n) is 13.9. The minimum Gasteiger partial charge on any atom is -0.467 e. The molecular formula is C17H27N3O. The highest BCUT2D eigenvalue weighted by atomic mass is 16.3. The van der Waals surface area contributed by atoms with Gasteiger partial charge in [0, 0.05) is 17.8 Å². The normalized spacial score (nSPS) is 11.5. The molecule has 2 heterocycles. The van der Waals surface area contributed by atoms with Crippen molar-refractivity contribution >= 4 is 0 Å². The van der Waals surface area contributed by atoms with E-state index in [2.05, 4.69) is 51.1 Å². The lowest BCUT2D eigenvalue weighted by Crippen LogP contribution is -2.18. The highest BCUT2D eigenvalue weighted by molar-refractivity contribution is 5.25. The van der Waals surface area contributed by atoms with Crippen molar-refractivity contribution in [1.29, 1.82) is 0 Å². The molecule has 2 aromatic heterocycles. The molecule has 0 spiro atoms. The van der Waals surface area contributed by atoms with E-state index in [1.165, 1.54) is 16.8 Å². The van der Waals surface area contributed by atoms with Crippen LogP contribution in [0.4, 0.5) is 0 Å². The van der Waals surface area contributed by atoms with E-state index in [0.717, 1.165) is 31.0 Å². The summed E-state index contributed by atoms with van der Waals surface area (Å²) in [5, 5.41) is 8.04. The van der Waals surface area contributed by atoms with Crippen molar-refractivity contribution in [3.05, 3.63) is 40.6 Å². The molecule has 0 fully saturated rings. The van der Waals surface area contributed by atoms with E-state index >= 15 is 0 Å². The standard InChI is InChI=1S/C17H27N3O/c1-6-17-13(4)19-20(14(17)5)10-16-7-15(11-21-16)9-18-8-12(2)3/h7,11-12,18H,6,8-10H2,1-5H3. The molecule has 0 atom stereocenters. The Kier molecular flexibility index (Phi) is 5.23. The summed E-state index contributed by atoms with van der Waals surface area (Å²) >= 11 is 0. The second-order valence-corrected chi connectivity index (χ2v) is 6.11. The third kappa shape index (κ3) is 3.97. The molecule has 0 saturated carbocycles. The summed E-state index contributed by atoms with van der Waals surface area (Å²) in [4.78, 5) is 0. The maximum Gasteiger partial charge on any atom is 0.125 e. The number of rotatable bonds is 7. The summed E-state index contributed by atoms with van der Waals surface area (Å²) in [5.74, 6) is 1.63. The fraction of sp³-hybridized carbons (Fsp3) is 0.588. The van der Waals surface area contributed by atoms with Gasteiger partial charge in [0.2, 0.25) is 0 Å². The van der Waals surface area contributed by atoms with Crippen molar-refractivity contribution in [1.82, 2.24) is 15.1 Å². The first-order chi connectivity index (χ1) is 10.0. The first-order valence-electron chi connectivity index (χ1n) is 7.81. The van der Waals surface area contributed by atoms with Gasteiger partial charge >= 0.3 is 0 Å². The van der Waals surface area contributed by atoms with Crippen LogP contribution >= 0.6 is 0 Å². The average Bonchev–Trinajstić information content (AvgIpc) is 2.95. The topological polar surface area (TPSA) is 43.0 Å². The van der Waals surface area contributed by atoms with Gasteiger partial charge in [-0.05, 0) is 44.4 Å². The summed E-state index contributed by atoms with van der Waals surface area (Å²) in [6, 6.07) is 2.12. The Bertz CT molecular complexity index is 581. The lowest BCUT2D eigenvalue weighted by Gasteiger charge is -2.05. The number of nitrogens with zero attached hydrogens (tertiary/aromatic N) is 2. The molecule has 21 heavy (non-hydrogen) atoms. The van der Waals surface area contributed by atoms with Gasteiger partial charge in [-0.1, -0.05) is 20.8 Å². The van der Waals surface area contributed by atoms with Crippen LogP contribution in [0.3, 0.4) is 0 Å². The van der Waals surface area contributed by atoms with Crippen molar-refractivity contribution in [2.45, 2.75) is 54.1 Å². The quantitative estimate of drug-likeness (QED) is 0.849. The Hall–Kier alpha value is -1.55. The molecule has 1 N–H and O–H groups in total. The van der Waals surface area contributed by atoms with Gasteiger partial charge in [0.25, 0.3) is 0 Å². The molecule has 2 rings (SSSR count). The minimum absolute atomic E-state index is 0.665. The summed E-state index contributed by atoms with van der Waals surface area (Å²) in [5.41, 5.74) is 4.91. The van der Waals surface area contributed by atoms with E-state index in [-0.39, 0.29) is 0 Å². The fourth-order valence-electron chi connectivity index (χ4n) is 2.65. The average molecular weight is 289 g/mol. The third-order valence-corrected chi connectivity index (χ3v) is 3.78. The summed E-state index contributed by atoms with van der Waals surface area (Å²) in [6.07, 6.45) is 2.87. The maximum absolute atomic E-state index is 5.66. The van der Waals surface area contributed by atoms with Gasteiger partial charge < -0.3 is 9.73 Å². The number of hydrogen-bond donors (Lipinski definition) is 1. The van der Waals surface area contributed by atoms with Gasteiger partial charge in [-0.25, -0.2) is 0 Å². The van der Waals surface area contributed by atoms with Crippen LogP contribution in [-0.2, 0) is 19.5 Å². The number of aryl methyl sites for hydroxylation is 1. The van der Waals surface area contributed by atoms with Crippen molar-refractivity contribution in [3.8, 4) is 0 Å². The number of aromatic nitrogens is 2. The van der Waals surface area contributed by atoms with E-state index < -0.39 is 0 Å². The molecule has 0 aliphatic heterocycles. The van der Waals surface area contributed by atoms with Crippen LogP contribution in [0, 0.1) is 19.8 Å². The number of hydrogen-bond acceptors (Lipinski definition) is 3. The van der Waals surface area contributed by atoms with Gasteiger partial charge in [0.05, 0.1) is 18.5 Å². The first kappa shape index (κ1) is 15.8. The lowest BCUT2D eigenvalue weighted by atomic mass is 10.1. The molecule has 2 aromatic rings. The predicted molar refractivity (Wildman–Crippen MR) is 85.4 cm³/mol. The molecule has 0 unspecified atom stereocenters. The fourth-order valence-corrected chi connectivity index (χ4v) is 2.65. The van der Waals surface area contributed by atoms with Gasteiger partial charge in [-0.3, -0.25) is 4.68 Å². The highest BCUT2D eigenvalue weighted by Gasteiger charge is 2.11. The zero-order chi connectivity index (χ0) is 15.4. The predicted octanol–water partition coefficient (Wildman–Crippen LogP) is 3.45. The summed E-state index contributed by atoms with van der Waals surface area (Å²) in [6.45, 7) is 13.4. The Morgan fingerprint density at radius 3 is 2.71 bits per heavy atom. The molecular weight excluding hydrogens is 262 g/mol. The minimum atomic E-state index is 0.665. The Morgan fingerprint density at radius 2 is 2.10 bits per heavy atom. The first-order valence-corrected chi connectivity index (χ1v) is 7.81. The van der Waals surface area contributed by atoms with Crippen LogP contribution in [-0.4, -0.2) is 16.3 Å². The monoisotopic (exact) mass is 289 g/mol. The van der Waals surface area contributed by atoms with Gasteiger partial charge in [-0.15, -0.1) is 0 Å². The second kappa shape index (κ2) is 6.94. The van der Waals surface area contributed by atoms with Crippen LogP contribution in [0.1, 0.15) is 49.0 Å². The van der Waals surface area contributed by atoms with E-state index in [1.807, 2.05) is 10.9 Å². The molecule has 0 amide bonds. The van der Waals surface area contributed by atoms with E-state index in [0.29, 0.717) is 12.5 Å². The Balaban J connectivity index is 1.99.